The number of rotatable bonds is 10. The molecule has 0 amide bonds. The van der Waals surface area contributed by atoms with Crippen LogP contribution in [0, 0.1) is 10.1 Å². The van der Waals surface area contributed by atoms with Gasteiger partial charge in [0.15, 0.2) is 6.79 Å². The summed E-state index contributed by atoms with van der Waals surface area (Å²) in [5.41, 5.74) is 0.158. The molecule has 8 nitrogen and oxygen atoms in total. The smallest absolute Gasteiger partial charge is 0.272 e. The van der Waals surface area contributed by atoms with Crippen molar-refractivity contribution in [3.63, 3.8) is 0 Å². The molecule has 0 fully saturated rings. The number of aliphatic hydroxyl groups excluding tert-OH is 2. The number of nitro benzene ring substituents is 1. The Morgan fingerprint density at radius 2 is 2.14 bits per heavy atom. The molecule has 0 spiro atoms. The zero-order valence-electron chi connectivity index (χ0n) is 11.7. The van der Waals surface area contributed by atoms with Gasteiger partial charge in [0, 0.05) is 25.2 Å². The highest BCUT2D eigenvalue weighted by molar-refractivity contribution is 5.45. The van der Waals surface area contributed by atoms with Crippen LogP contribution in [0.15, 0.2) is 18.2 Å². The lowest BCUT2D eigenvalue weighted by molar-refractivity contribution is -0.385. The van der Waals surface area contributed by atoms with Crippen LogP contribution in [-0.2, 0) is 15.9 Å². The third kappa shape index (κ3) is 6.05. The van der Waals surface area contributed by atoms with Crippen molar-refractivity contribution in [1.82, 2.24) is 0 Å². The Hall–Kier alpha value is -1.74. The summed E-state index contributed by atoms with van der Waals surface area (Å²) >= 11 is 0. The fourth-order valence-electron chi connectivity index (χ4n) is 1.62. The van der Waals surface area contributed by atoms with E-state index in [0.29, 0.717) is 19.0 Å². The lowest BCUT2D eigenvalue weighted by Gasteiger charge is -2.11. The maximum atomic E-state index is 10.9. The Labute approximate surface area is 122 Å². The van der Waals surface area contributed by atoms with Crippen molar-refractivity contribution >= 4 is 5.69 Å². The van der Waals surface area contributed by atoms with Gasteiger partial charge in [-0.05, 0) is 12.1 Å². The minimum absolute atomic E-state index is 0.0107. The van der Waals surface area contributed by atoms with Crippen molar-refractivity contribution in [3.8, 4) is 5.75 Å². The number of hydrogen-bond donors (Lipinski definition) is 2. The van der Waals surface area contributed by atoms with Crippen LogP contribution in [0.4, 0.5) is 5.69 Å². The van der Waals surface area contributed by atoms with Crippen molar-refractivity contribution in [2.45, 2.75) is 12.5 Å². The van der Waals surface area contributed by atoms with E-state index in [0.717, 1.165) is 0 Å². The normalized spacial score (nSPS) is 12.1. The predicted octanol–water partition coefficient (Wildman–Crippen LogP) is 0.490. The number of benzene rings is 1. The molecule has 0 heterocycles. The van der Waals surface area contributed by atoms with Crippen molar-refractivity contribution in [1.29, 1.82) is 0 Å². The first-order valence-corrected chi connectivity index (χ1v) is 6.34. The molecule has 0 unspecified atom stereocenters. The van der Waals surface area contributed by atoms with Crippen LogP contribution >= 0.6 is 0 Å². The predicted molar refractivity (Wildman–Crippen MR) is 73.2 cm³/mol. The van der Waals surface area contributed by atoms with Gasteiger partial charge < -0.3 is 24.4 Å². The third-order valence-corrected chi connectivity index (χ3v) is 2.65. The van der Waals surface area contributed by atoms with E-state index in [2.05, 4.69) is 0 Å². The molecule has 0 aliphatic carbocycles. The van der Waals surface area contributed by atoms with Gasteiger partial charge in [-0.2, -0.15) is 0 Å². The summed E-state index contributed by atoms with van der Waals surface area (Å²) in [6.45, 7) is 0.336. The first kappa shape index (κ1) is 17.3. The van der Waals surface area contributed by atoms with Gasteiger partial charge in [-0.3, -0.25) is 10.1 Å². The van der Waals surface area contributed by atoms with E-state index in [9.17, 15) is 15.2 Å². The SMILES string of the molecule is COCCOCOc1ccc([N+](=O)[O-])c(C[C@@H](O)CO)c1. The summed E-state index contributed by atoms with van der Waals surface area (Å²) in [5.74, 6) is 0.387. The second-order valence-corrected chi connectivity index (χ2v) is 4.25. The molecule has 1 atom stereocenters. The molecule has 1 aromatic carbocycles. The number of nitrogens with zero attached hydrogens (tertiary/aromatic N) is 1. The lowest BCUT2D eigenvalue weighted by Crippen LogP contribution is -2.16. The second-order valence-electron chi connectivity index (χ2n) is 4.25. The number of methoxy groups -OCH3 is 1. The highest BCUT2D eigenvalue weighted by atomic mass is 16.7. The van der Waals surface area contributed by atoms with Gasteiger partial charge in [0.1, 0.15) is 5.75 Å². The zero-order valence-corrected chi connectivity index (χ0v) is 11.7. The summed E-state index contributed by atoms with van der Waals surface area (Å²) in [6, 6.07) is 4.20. The van der Waals surface area contributed by atoms with Gasteiger partial charge in [-0.1, -0.05) is 0 Å². The Balaban J connectivity index is 2.69. The molecule has 8 heteroatoms. The number of ether oxygens (including phenoxy) is 3. The van der Waals surface area contributed by atoms with Crippen LogP contribution in [-0.4, -0.2) is 55.0 Å². The molecule has 0 saturated carbocycles. The summed E-state index contributed by atoms with van der Waals surface area (Å²) in [6.07, 6.45) is -1.09. The average molecular weight is 301 g/mol. The summed E-state index contributed by atoms with van der Waals surface area (Å²) < 4.78 is 15.2. The van der Waals surface area contributed by atoms with Crippen molar-refractivity contribution in [2.24, 2.45) is 0 Å². The lowest BCUT2D eigenvalue weighted by atomic mass is 10.1. The summed E-state index contributed by atoms with van der Waals surface area (Å²) in [7, 11) is 1.55. The van der Waals surface area contributed by atoms with Crippen molar-refractivity contribution < 1.29 is 29.3 Å². The van der Waals surface area contributed by atoms with E-state index in [-0.39, 0.29) is 24.5 Å². The van der Waals surface area contributed by atoms with E-state index in [1.165, 1.54) is 18.2 Å². The van der Waals surface area contributed by atoms with Crippen LogP contribution in [0.2, 0.25) is 0 Å². The highest BCUT2D eigenvalue weighted by Crippen LogP contribution is 2.25. The maximum absolute atomic E-state index is 10.9. The van der Waals surface area contributed by atoms with Gasteiger partial charge in [-0.15, -0.1) is 0 Å². The van der Waals surface area contributed by atoms with Crippen LogP contribution < -0.4 is 4.74 Å². The van der Waals surface area contributed by atoms with E-state index in [1.54, 1.807) is 7.11 Å². The fourth-order valence-corrected chi connectivity index (χ4v) is 1.62. The van der Waals surface area contributed by atoms with Crippen molar-refractivity contribution in [3.05, 3.63) is 33.9 Å². The molecule has 0 saturated heterocycles. The van der Waals surface area contributed by atoms with E-state index < -0.39 is 17.6 Å². The first-order chi connectivity index (χ1) is 10.1. The fraction of sp³-hybridized carbons (Fsp3) is 0.538. The monoisotopic (exact) mass is 301 g/mol. The summed E-state index contributed by atoms with van der Waals surface area (Å²) in [4.78, 5) is 10.4. The quantitative estimate of drug-likeness (QED) is 0.280. The molecule has 0 aromatic heterocycles. The molecular formula is C13H19NO7. The van der Waals surface area contributed by atoms with Crippen LogP contribution in [0.3, 0.4) is 0 Å². The topological polar surface area (TPSA) is 111 Å². The second kappa shape index (κ2) is 9.24. The maximum Gasteiger partial charge on any atom is 0.272 e. The molecule has 0 bridgehead atoms. The molecule has 2 N–H and O–H groups in total. The average Bonchev–Trinajstić information content (AvgIpc) is 2.46. The van der Waals surface area contributed by atoms with Gasteiger partial charge in [0.2, 0.25) is 0 Å². The highest BCUT2D eigenvalue weighted by Gasteiger charge is 2.17. The van der Waals surface area contributed by atoms with Crippen LogP contribution in [0.1, 0.15) is 5.56 Å². The number of hydrogen-bond acceptors (Lipinski definition) is 7. The zero-order chi connectivity index (χ0) is 15.7. The number of aliphatic hydroxyl groups is 2. The van der Waals surface area contributed by atoms with E-state index >= 15 is 0 Å². The van der Waals surface area contributed by atoms with E-state index in [1.807, 2.05) is 0 Å². The minimum Gasteiger partial charge on any atom is -0.468 e. The Kier molecular flexibility index (Phi) is 7.62. The van der Waals surface area contributed by atoms with Crippen LogP contribution in [0.25, 0.3) is 0 Å². The van der Waals surface area contributed by atoms with Crippen LogP contribution in [0.5, 0.6) is 5.75 Å². The largest absolute Gasteiger partial charge is 0.468 e. The standard InChI is InChI=1S/C13H19NO7/c1-19-4-5-20-9-21-12-2-3-13(14(17)18)10(7-12)6-11(16)8-15/h2-3,7,11,15-16H,4-6,8-9H2,1H3/t11-/m1/s1. The Morgan fingerprint density at radius 3 is 2.76 bits per heavy atom. The first-order valence-electron chi connectivity index (χ1n) is 6.34. The molecular weight excluding hydrogens is 282 g/mol. The van der Waals surface area contributed by atoms with Gasteiger partial charge in [0.05, 0.1) is 30.8 Å². The third-order valence-electron chi connectivity index (χ3n) is 2.65. The Bertz CT molecular complexity index is 452. The molecule has 118 valence electrons. The Morgan fingerprint density at radius 1 is 1.38 bits per heavy atom. The molecule has 1 aromatic rings. The minimum atomic E-state index is -1.06. The van der Waals surface area contributed by atoms with E-state index in [4.69, 9.17) is 19.3 Å². The molecule has 0 radical (unpaired) electrons. The van der Waals surface area contributed by atoms with Gasteiger partial charge in [-0.25, -0.2) is 0 Å². The van der Waals surface area contributed by atoms with Gasteiger partial charge in [0.25, 0.3) is 5.69 Å². The molecule has 21 heavy (non-hydrogen) atoms. The summed E-state index contributed by atoms with van der Waals surface area (Å²) in [5, 5.41) is 29.2. The molecule has 0 aliphatic rings. The van der Waals surface area contributed by atoms with Gasteiger partial charge >= 0.3 is 0 Å². The number of nitro groups is 1. The van der Waals surface area contributed by atoms with Crippen molar-refractivity contribution in [2.75, 3.05) is 33.7 Å². The molecule has 1 rings (SSSR count). The molecule has 0 aliphatic heterocycles.